The maximum atomic E-state index is 13.3. The molecule has 0 spiro atoms. The fourth-order valence-electron chi connectivity index (χ4n) is 4.05. The van der Waals surface area contributed by atoms with Crippen LogP contribution in [0.3, 0.4) is 0 Å². The predicted molar refractivity (Wildman–Crippen MR) is 123 cm³/mol. The molecule has 2 heterocycles. The number of benzene rings is 2. The van der Waals surface area contributed by atoms with E-state index >= 15 is 0 Å². The molecule has 0 atom stereocenters. The van der Waals surface area contributed by atoms with Gasteiger partial charge in [-0.2, -0.15) is 0 Å². The van der Waals surface area contributed by atoms with Gasteiger partial charge in [-0.25, -0.2) is 0 Å². The van der Waals surface area contributed by atoms with Gasteiger partial charge in [0.1, 0.15) is 0 Å². The number of hydrogen-bond acceptors (Lipinski definition) is 2. The molecule has 0 amide bonds. The Labute approximate surface area is 182 Å². The summed E-state index contributed by atoms with van der Waals surface area (Å²) >= 11 is 6.00. The Morgan fingerprint density at radius 3 is 2.47 bits per heavy atom. The molecule has 30 heavy (non-hydrogen) atoms. The predicted octanol–water partition coefficient (Wildman–Crippen LogP) is 6.56. The van der Waals surface area contributed by atoms with Gasteiger partial charge in [0.25, 0.3) is 5.91 Å². The average molecular weight is 417 g/mol. The lowest BCUT2D eigenvalue weighted by Gasteiger charge is -2.08. The summed E-state index contributed by atoms with van der Waals surface area (Å²) in [5.41, 5.74) is 6.23. The smallest absolute Gasteiger partial charge is 0.262 e. The zero-order chi connectivity index (χ0) is 21.1. The molecule has 0 aliphatic heterocycles. The topological polar surface area (TPSA) is 34.9 Å². The van der Waals surface area contributed by atoms with Crippen molar-refractivity contribution in [1.29, 1.82) is 0 Å². The number of unbranched alkanes of at least 4 members (excludes halogenated alkanes) is 1. The maximum absolute atomic E-state index is 13.3. The highest BCUT2D eigenvalue weighted by atomic mass is 35.5. The molecular formula is C26H25ClN2O. The van der Waals surface area contributed by atoms with E-state index in [4.69, 9.17) is 11.6 Å². The van der Waals surface area contributed by atoms with Gasteiger partial charge in [-0.3, -0.25) is 14.3 Å². The molecule has 152 valence electrons. The van der Waals surface area contributed by atoms with Crippen molar-refractivity contribution < 1.29 is 4.79 Å². The second-order valence-electron chi connectivity index (χ2n) is 7.76. The molecular weight excluding hydrogens is 392 g/mol. The summed E-state index contributed by atoms with van der Waals surface area (Å²) in [5, 5.41) is 1.80. The molecule has 2 aromatic carbocycles. The molecule has 2 aromatic heterocycles. The van der Waals surface area contributed by atoms with E-state index in [-0.39, 0.29) is 5.91 Å². The first kappa shape index (κ1) is 20.4. The molecule has 0 bridgehead atoms. The number of hydrogen-bond donors (Lipinski definition) is 0. The molecule has 4 aromatic rings. The molecule has 0 aliphatic carbocycles. The summed E-state index contributed by atoms with van der Waals surface area (Å²) in [6, 6.07) is 19.5. The quantitative estimate of drug-likeness (QED) is 0.333. The summed E-state index contributed by atoms with van der Waals surface area (Å²) in [5.74, 6) is -0.0160. The van der Waals surface area contributed by atoms with Gasteiger partial charge >= 0.3 is 0 Å². The molecule has 0 saturated heterocycles. The Morgan fingerprint density at radius 1 is 0.967 bits per heavy atom. The van der Waals surface area contributed by atoms with E-state index in [0.717, 1.165) is 42.6 Å². The van der Waals surface area contributed by atoms with Crippen molar-refractivity contribution in [2.75, 3.05) is 0 Å². The number of pyridine rings is 1. The number of carbonyl (C=O) groups is 1. The van der Waals surface area contributed by atoms with Crippen LogP contribution in [-0.4, -0.2) is 15.5 Å². The van der Waals surface area contributed by atoms with Crippen LogP contribution in [-0.2, 0) is 12.8 Å². The summed E-state index contributed by atoms with van der Waals surface area (Å²) in [6.07, 6.45) is 5.89. The molecule has 3 nitrogen and oxygen atoms in total. The molecule has 0 unspecified atom stereocenters. The van der Waals surface area contributed by atoms with Crippen LogP contribution >= 0.6 is 11.6 Å². The zero-order valence-electron chi connectivity index (χ0n) is 17.4. The van der Waals surface area contributed by atoms with Crippen molar-refractivity contribution in [3.63, 3.8) is 0 Å². The molecule has 0 fully saturated rings. The van der Waals surface area contributed by atoms with Crippen LogP contribution < -0.4 is 0 Å². The summed E-state index contributed by atoms with van der Waals surface area (Å²) in [4.78, 5) is 17.7. The first-order chi connectivity index (χ1) is 14.5. The normalized spacial score (nSPS) is 11.2. The summed E-state index contributed by atoms with van der Waals surface area (Å²) in [6.45, 7) is 4.15. The van der Waals surface area contributed by atoms with Gasteiger partial charge in [-0.05, 0) is 93.6 Å². The van der Waals surface area contributed by atoms with Crippen molar-refractivity contribution in [1.82, 2.24) is 9.55 Å². The number of carbonyl (C=O) groups excluding carboxylic acids is 1. The van der Waals surface area contributed by atoms with Crippen LogP contribution in [0.15, 0.2) is 66.9 Å². The van der Waals surface area contributed by atoms with Gasteiger partial charge in [0.15, 0.2) is 0 Å². The monoisotopic (exact) mass is 416 g/mol. The lowest BCUT2D eigenvalue weighted by molar-refractivity contribution is 0.0963. The Morgan fingerprint density at radius 2 is 1.73 bits per heavy atom. The molecule has 4 rings (SSSR count). The van der Waals surface area contributed by atoms with Gasteiger partial charge < -0.3 is 0 Å². The molecule has 0 N–H and O–H groups in total. The minimum absolute atomic E-state index is 0.0160. The van der Waals surface area contributed by atoms with Crippen LogP contribution in [0.25, 0.3) is 10.9 Å². The molecule has 4 heteroatoms. The standard InChI is InChI=1S/C26H25ClN2O/c1-18-10-15-25-24(17-18)23(9-4-3-7-22-8-5-6-16-28-22)19(2)29(25)26(30)20-11-13-21(27)14-12-20/h5-6,8,10-17H,3-4,7,9H2,1-2H3. The van der Waals surface area contributed by atoms with E-state index in [2.05, 4.69) is 43.1 Å². The molecule has 0 saturated carbocycles. The molecule has 0 aliphatic rings. The van der Waals surface area contributed by atoms with Crippen LogP contribution in [0.5, 0.6) is 0 Å². The van der Waals surface area contributed by atoms with E-state index < -0.39 is 0 Å². The number of rotatable bonds is 6. The minimum Gasteiger partial charge on any atom is -0.280 e. The lowest BCUT2D eigenvalue weighted by atomic mass is 10.0. The Balaban J connectivity index is 1.62. The van der Waals surface area contributed by atoms with Crippen molar-refractivity contribution in [2.45, 2.75) is 39.5 Å². The highest BCUT2D eigenvalue weighted by molar-refractivity contribution is 6.30. The van der Waals surface area contributed by atoms with Crippen molar-refractivity contribution in [2.24, 2.45) is 0 Å². The summed E-state index contributed by atoms with van der Waals surface area (Å²) < 4.78 is 1.85. The van der Waals surface area contributed by atoms with Crippen molar-refractivity contribution >= 4 is 28.4 Å². The molecule has 0 radical (unpaired) electrons. The van der Waals surface area contributed by atoms with Gasteiger partial charge in [0, 0.05) is 33.6 Å². The van der Waals surface area contributed by atoms with E-state index in [1.165, 1.54) is 16.5 Å². The van der Waals surface area contributed by atoms with Gasteiger partial charge in [-0.15, -0.1) is 0 Å². The Hall–Kier alpha value is -2.91. The average Bonchev–Trinajstić information content (AvgIpc) is 3.02. The first-order valence-electron chi connectivity index (χ1n) is 10.4. The number of aromatic nitrogens is 2. The lowest BCUT2D eigenvalue weighted by Crippen LogP contribution is -2.13. The zero-order valence-corrected chi connectivity index (χ0v) is 18.1. The minimum atomic E-state index is -0.0160. The maximum Gasteiger partial charge on any atom is 0.262 e. The van der Waals surface area contributed by atoms with Crippen LogP contribution in [0, 0.1) is 13.8 Å². The number of halogens is 1. The number of nitrogens with zero attached hydrogens (tertiary/aromatic N) is 2. The van der Waals surface area contributed by atoms with E-state index in [1.807, 2.05) is 22.9 Å². The third-order valence-corrected chi connectivity index (χ3v) is 5.87. The van der Waals surface area contributed by atoms with E-state index in [0.29, 0.717) is 10.6 Å². The fourth-order valence-corrected chi connectivity index (χ4v) is 4.18. The number of fused-ring (bicyclic) bond motifs is 1. The van der Waals surface area contributed by atoms with E-state index in [9.17, 15) is 4.79 Å². The van der Waals surface area contributed by atoms with Crippen molar-refractivity contribution in [3.05, 3.63) is 100.0 Å². The first-order valence-corrected chi connectivity index (χ1v) is 10.7. The van der Waals surface area contributed by atoms with Gasteiger partial charge in [0.05, 0.1) is 5.52 Å². The van der Waals surface area contributed by atoms with Crippen LogP contribution in [0.2, 0.25) is 5.02 Å². The Kier molecular flexibility index (Phi) is 6.01. The fraction of sp³-hybridized carbons (Fsp3) is 0.231. The highest BCUT2D eigenvalue weighted by Gasteiger charge is 2.19. The largest absolute Gasteiger partial charge is 0.280 e. The van der Waals surface area contributed by atoms with Crippen LogP contribution in [0.1, 0.15) is 45.7 Å². The SMILES string of the molecule is Cc1ccc2c(c1)c(CCCCc1ccccn1)c(C)n2C(=O)c1ccc(Cl)cc1. The Bertz CT molecular complexity index is 1180. The third-order valence-electron chi connectivity index (χ3n) is 5.62. The second kappa shape index (κ2) is 8.85. The van der Waals surface area contributed by atoms with Crippen molar-refractivity contribution in [3.8, 4) is 0 Å². The number of aryl methyl sites for hydroxylation is 3. The van der Waals surface area contributed by atoms with Crippen LogP contribution in [0.4, 0.5) is 0 Å². The van der Waals surface area contributed by atoms with Gasteiger partial charge in [0.2, 0.25) is 0 Å². The third kappa shape index (κ3) is 4.17. The highest BCUT2D eigenvalue weighted by Crippen LogP contribution is 2.29. The summed E-state index contributed by atoms with van der Waals surface area (Å²) in [7, 11) is 0. The van der Waals surface area contributed by atoms with Gasteiger partial charge in [-0.1, -0.05) is 29.3 Å². The van der Waals surface area contributed by atoms with E-state index in [1.54, 1.807) is 24.3 Å². The second-order valence-corrected chi connectivity index (χ2v) is 8.20.